The van der Waals surface area contributed by atoms with Gasteiger partial charge in [-0.2, -0.15) is 0 Å². The lowest BCUT2D eigenvalue weighted by atomic mass is 9.79. The van der Waals surface area contributed by atoms with Gasteiger partial charge in [0.15, 0.2) is 0 Å². The first-order chi connectivity index (χ1) is 25.3. The second-order valence-corrected chi connectivity index (χ2v) is 12.6. The summed E-state index contributed by atoms with van der Waals surface area (Å²) < 4.78 is 2.47. The van der Waals surface area contributed by atoms with Crippen molar-refractivity contribution in [3.63, 3.8) is 0 Å². The van der Waals surface area contributed by atoms with Crippen molar-refractivity contribution in [1.29, 1.82) is 0 Å². The van der Waals surface area contributed by atoms with E-state index in [-0.39, 0.29) is 0 Å². The number of fused-ring (bicyclic) bond motifs is 3. The van der Waals surface area contributed by atoms with Crippen molar-refractivity contribution in [3.8, 4) is 50.2 Å². The molecule has 0 amide bonds. The van der Waals surface area contributed by atoms with E-state index >= 15 is 0 Å². The van der Waals surface area contributed by atoms with Crippen LogP contribution in [-0.4, -0.2) is 4.57 Å². The molecule has 0 aliphatic carbocycles. The van der Waals surface area contributed by atoms with Crippen LogP contribution in [0.1, 0.15) is 12.5 Å². The number of hydrogen-bond acceptors (Lipinski definition) is 1. The lowest BCUT2D eigenvalue weighted by Crippen LogP contribution is -2.00. The monoisotopic (exact) mass is 654 g/mol. The number of benzene rings is 7. The predicted octanol–water partition coefficient (Wildman–Crippen LogP) is 12.9. The van der Waals surface area contributed by atoms with Crippen LogP contribution in [0, 0.1) is 0 Å². The van der Waals surface area contributed by atoms with Crippen LogP contribution in [0.3, 0.4) is 0 Å². The van der Waals surface area contributed by atoms with E-state index in [0.29, 0.717) is 0 Å². The summed E-state index contributed by atoms with van der Waals surface area (Å²) in [5.74, 6) is 0. The molecule has 0 radical (unpaired) electrons. The molecule has 2 nitrogen and oxygen atoms in total. The molecule has 0 saturated carbocycles. The summed E-state index contributed by atoms with van der Waals surface area (Å²) in [4.78, 5) is 0. The van der Waals surface area contributed by atoms with Gasteiger partial charge < -0.3 is 10.3 Å². The molecule has 0 saturated heterocycles. The van der Waals surface area contributed by atoms with E-state index in [0.717, 1.165) is 55.5 Å². The van der Waals surface area contributed by atoms with E-state index in [1.54, 1.807) is 6.20 Å². The molecular weight excluding hydrogens is 617 g/mol. The van der Waals surface area contributed by atoms with Crippen LogP contribution in [0.4, 0.5) is 0 Å². The largest absolute Gasteiger partial charge is 0.404 e. The number of aromatic nitrogens is 1. The van der Waals surface area contributed by atoms with Crippen molar-refractivity contribution < 1.29 is 0 Å². The maximum absolute atomic E-state index is 6.49. The minimum Gasteiger partial charge on any atom is -0.404 e. The fraction of sp³-hybridized carbons (Fsp3) is 0.0204. The lowest BCUT2D eigenvalue weighted by Gasteiger charge is -2.24. The molecule has 2 heteroatoms. The summed E-state index contributed by atoms with van der Waals surface area (Å²) in [7, 11) is 0. The van der Waals surface area contributed by atoms with Gasteiger partial charge in [-0.25, -0.2) is 0 Å². The molecule has 0 unspecified atom stereocenters. The molecular formula is C49H38N2. The van der Waals surface area contributed by atoms with Gasteiger partial charge in [0.1, 0.15) is 0 Å². The van der Waals surface area contributed by atoms with Gasteiger partial charge in [0.2, 0.25) is 0 Å². The highest BCUT2D eigenvalue weighted by molar-refractivity contribution is 6.28. The Hall–Kier alpha value is -6.64. The zero-order chi connectivity index (χ0) is 34.6. The van der Waals surface area contributed by atoms with Gasteiger partial charge in [-0.05, 0) is 64.1 Å². The van der Waals surface area contributed by atoms with Crippen molar-refractivity contribution in [1.82, 2.24) is 4.57 Å². The molecule has 2 N–H and O–H groups in total. The maximum Gasteiger partial charge on any atom is 0.0632 e. The summed E-state index contributed by atoms with van der Waals surface area (Å²) in [6.45, 7) is 2.02. The van der Waals surface area contributed by atoms with Crippen molar-refractivity contribution in [2.45, 2.75) is 6.92 Å². The van der Waals surface area contributed by atoms with Crippen LogP contribution in [0.5, 0.6) is 0 Å². The van der Waals surface area contributed by atoms with Gasteiger partial charge >= 0.3 is 0 Å². The number of para-hydroxylation sites is 1. The van der Waals surface area contributed by atoms with Crippen LogP contribution < -0.4 is 5.73 Å². The standard InChI is InChI=1S/C49H38N2/c1-2-3-9-29-39(34-50)41-32-20-33-42-47(41)48-45(37-25-14-6-15-26-37)43(35-21-10-4-11-22-35)44(36-23-12-5-13-24-36)46(38-27-16-7-17-28-38)49(48)51(42)40-30-18-8-19-31-40/h2-34H,50H2,1H3/b3-2+,29-9-,39-34+. The van der Waals surface area contributed by atoms with Crippen LogP contribution in [0.25, 0.3) is 77.6 Å². The van der Waals surface area contributed by atoms with Crippen molar-refractivity contribution in [3.05, 3.63) is 206 Å². The van der Waals surface area contributed by atoms with Gasteiger partial charge in [-0.1, -0.05) is 176 Å². The summed E-state index contributed by atoms with van der Waals surface area (Å²) in [6, 6.07) is 60.9. The normalized spacial score (nSPS) is 12.1. The van der Waals surface area contributed by atoms with E-state index in [1.807, 2.05) is 19.1 Å². The van der Waals surface area contributed by atoms with Crippen molar-refractivity contribution >= 4 is 27.4 Å². The Morgan fingerprint density at radius 3 is 1.45 bits per heavy atom. The van der Waals surface area contributed by atoms with Gasteiger partial charge in [0, 0.05) is 39.4 Å². The highest BCUT2D eigenvalue weighted by atomic mass is 15.0. The van der Waals surface area contributed by atoms with Gasteiger partial charge in [-0.3, -0.25) is 0 Å². The van der Waals surface area contributed by atoms with Gasteiger partial charge in [0.05, 0.1) is 11.0 Å². The molecule has 0 bridgehead atoms. The zero-order valence-electron chi connectivity index (χ0n) is 28.6. The van der Waals surface area contributed by atoms with Crippen molar-refractivity contribution in [2.75, 3.05) is 0 Å². The van der Waals surface area contributed by atoms with Gasteiger partial charge in [-0.15, -0.1) is 0 Å². The second-order valence-electron chi connectivity index (χ2n) is 12.6. The minimum absolute atomic E-state index is 0.958. The molecule has 51 heavy (non-hydrogen) atoms. The Kier molecular flexibility index (Phi) is 8.72. The van der Waals surface area contributed by atoms with Crippen LogP contribution >= 0.6 is 0 Å². The Labute approximate surface area is 299 Å². The summed E-state index contributed by atoms with van der Waals surface area (Å²) in [5.41, 5.74) is 21.3. The molecule has 0 fully saturated rings. The SMILES string of the molecule is C/C=C/C=C\C(=C/N)c1cccc2c1c1c(-c3ccccc3)c(-c3ccccc3)c(-c3ccccc3)c(-c3ccccc3)c1n2-c1ccccc1. The predicted molar refractivity (Wildman–Crippen MR) is 219 cm³/mol. The fourth-order valence-electron chi connectivity index (χ4n) is 7.47. The third-order valence-electron chi connectivity index (χ3n) is 9.56. The molecule has 7 aromatic carbocycles. The molecule has 0 spiro atoms. The van der Waals surface area contributed by atoms with E-state index in [9.17, 15) is 0 Å². The lowest BCUT2D eigenvalue weighted by molar-refractivity contribution is 1.18. The van der Waals surface area contributed by atoms with Crippen LogP contribution in [0.2, 0.25) is 0 Å². The molecule has 0 aliphatic rings. The molecule has 244 valence electrons. The van der Waals surface area contributed by atoms with E-state index in [4.69, 9.17) is 5.73 Å². The Morgan fingerprint density at radius 2 is 0.941 bits per heavy atom. The van der Waals surface area contributed by atoms with Gasteiger partial charge in [0.25, 0.3) is 0 Å². The quantitative estimate of drug-likeness (QED) is 0.162. The Balaban J connectivity index is 1.74. The topological polar surface area (TPSA) is 30.9 Å². The number of allylic oxidation sites excluding steroid dienone is 5. The van der Waals surface area contributed by atoms with E-state index < -0.39 is 0 Å². The smallest absolute Gasteiger partial charge is 0.0632 e. The third kappa shape index (κ3) is 5.67. The number of rotatable bonds is 8. The van der Waals surface area contributed by atoms with Crippen molar-refractivity contribution in [2.24, 2.45) is 5.73 Å². The average molecular weight is 655 g/mol. The molecule has 0 atom stereocenters. The Morgan fingerprint density at radius 1 is 0.471 bits per heavy atom. The molecule has 8 rings (SSSR count). The molecule has 8 aromatic rings. The summed E-state index contributed by atoms with van der Waals surface area (Å²) in [6.07, 6.45) is 9.97. The Bertz CT molecular complexity index is 2540. The van der Waals surface area contributed by atoms with E-state index in [2.05, 4.69) is 187 Å². The number of nitrogens with two attached hydrogens (primary N) is 1. The van der Waals surface area contributed by atoms with E-state index in [1.165, 1.54) is 27.6 Å². The minimum atomic E-state index is 0.958. The first-order valence-corrected chi connectivity index (χ1v) is 17.5. The maximum atomic E-state index is 6.49. The highest BCUT2D eigenvalue weighted by Crippen LogP contribution is 2.54. The average Bonchev–Trinajstić information content (AvgIpc) is 3.55. The molecule has 1 heterocycles. The molecule has 0 aliphatic heterocycles. The third-order valence-corrected chi connectivity index (χ3v) is 9.56. The fourth-order valence-corrected chi connectivity index (χ4v) is 7.47. The number of nitrogens with zero attached hydrogens (tertiary/aromatic N) is 1. The van der Waals surface area contributed by atoms with Crippen LogP contribution in [0.15, 0.2) is 200 Å². The number of hydrogen-bond donors (Lipinski definition) is 1. The summed E-state index contributed by atoms with van der Waals surface area (Å²) in [5, 5.41) is 2.35. The first kappa shape index (κ1) is 31.6. The van der Waals surface area contributed by atoms with Crippen LogP contribution in [-0.2, 0) is 0 Å². The highest BCUT2D eigenvalue weighted by Gasteiger charge is 2.29. The first-order valence-electron chi connectivity index (χ1n) is 17.5. The second kappa shape index (κ2) is 14.1. The zero-order valence-corrected chi connectivity index (χ0v) is 28.6. The summed E-state index contributed by atoms with van der Waals surface area (Å²) >= 11 is 0. The molecule has 1 aromatic heterocycles.